The molecule has 2 N–H and O–H groups in total. The van der Waals surface area contributed by atoms with Crippen LogP contribution >= 0.6 is 0 Å². The first-order valence-corrected chi connectivity index (χ1v) is 7.25. The number of nitrogens with one attached hydrogen (secondary N) is 2. The van der Waals surface area contributed by atoms with Crippen molar-refractivity contribution in [3.63, 3.8) is 0 Å². The third-order valence-corrected chi connectivity index (χ3v) is 3.56. The Labute approximate surface area is 135 Å². The maximum absolute atomic E-state index is 12.4. The van der Waals surface area contributed by atoms with Crippen molar-refractivity contribution < 1.29 is 14.3 Å². The predicted molar refractivity (Wildman–Crippen MR) is 91.2 cm³/mol. The number of benzene rings is 2. The fraction of sp³-hybridized carbons (Fsp3) is 0.222. The van der Waals surface area contributed by atoms with Crippen molar-refractivity contribution in [3.05, 3.63) is 53.1 Å². The molecule has 0 spiro atoms. The highest BCUT2D eigenvalue weighted by Gasteiger charge is 2.12. The van der Waals surface area contributed by atoms with E-state index in [0.29, 0.717) is 22.7 Å². The van der Waals surface area contributed by atoms with Crippen molar-refractivity contribution in [2.75, 3.05) is 17.7 Å². The van der Waals surface area contributed by atoms with Crippen LogP contribution in [0.15, 0.2) is 36.4 Å². The van der Waals surface area contributed by atoms with Gasteiger partial charge >= 0.3 is 0 Å². The van der Waals surface area contributed by atoms with Gasteiger partial charge in [0, 0.05) is 23.9 Å². The third-order valence-electron chi connectivity index (χ3n) is 3.56. The maximum Gasteiger partial charge on any atom is 0.255 e. The van der Waals surface area contributed by atoms with E-state index in [1.165, 1.54) is 6.92 Å². The van der Waals surface area contributed by atoms with Crippen LogP contribution in [0.3, 0.4) is 0 Å². The Kier molecular flexibility index (Phi) is 5.01. The molecule has 0 atom stereocenters. The molecule has 0 saturated carbocycles. The van der Waals surface area contributed by atoms with Crippen LogP contribution in [0.25, 0.3) is 0 Å². The zero-order chi connectivity index (χ0) is 17.0. The molecular weight excluding hydrogens is 292 g/mol. The Morgan fingerprint density at radius 1 is 1.00 bits per heavy atom. The fourth-order valence-electron chi connectivity index (χ4n) is 2.25. The number of hydrogen-bond donors (Lipinski definition) is 2. The molecule has 5 heteroatoms. The zero-order valence-corrected chi connectivity index (χ0v) is 13.7. The average molecular weight is 312 g/mol. The van der Waals surface area contributed by atoms with Gasteiger partial charge in [-0.25, -0.2) is 0 Å². The average Bonchev–Trinajstić information content (AvgIpc) is 2.51. The van der Waals surface area contributed by atoms with Crippen molar-refractivity contribution in [3.8, 4) is 5.75 Å². The summed E-state index contributed by atoms with van der Waals surface area (Å²) >= 11 is 0. The number of methoxy groups -OCH3 is 1. The number of anilines is 2. The van der Waals surface area contributed by atoms with Crippen molar-refractivity contribution in [2.24, 2.45) is 0 Å². The number of carbonyl (C=O) groups is 2. The lowest BCUT2D eigenvalue weighted by Crippen LogP contribution is -2.14. The second-order valence-corrected chi connectivity index (χ2v) is 5.30. The van der Waals surface area contributed by atoms with E-state index < -0.39 is 0 Å². The first kappa shape index (κ1) is 16.5. The van der Waals surface area contributed by atoms with Gasteiger partial charge in [0.05, 0.1) is 7.11 Å². The molecule has 23 heavy (non-hydrogen) atoms. The first-order chi connectivity index (χ1) is 10.9. The van der Waals surface area contributed by atoms with Gasteiger partial charge < -0.3 is 15.4 Å². The summed E-state index contributed by atoms with van der Waals surface area (Å²) in [6.07, 6.45) is 0. The second-order valence-electron chi connectivity index (χ2n) is 5.30. The zero-order valence-electron chi connectivity index (χ0n) is 13.7. The molecule has 0 saturated heterocycles. The van der Waals surface area contributed by atoms with Crippen molar-refractivity contribution in [1.82, 2.24) is 0 Å². The van der Waals surface area contributed by atoms with E-state index in [0.717, 1.165) is 11.1 Å². The van der Waals surface area contributed by atoms with Crippen LogP contribution in [0.5, 0.6) is 5.75 Å². The lowest BCUT2D eigenvalue weighted by molar-refractivity contribution is -0.114. The summed E-state index contributed by atoms with van der Waals surface area (Å²) in [7, 11) is 1.57. The highest BCUT2D eigenvalue weighted by atomic mass is 16.5. The van der Waals surface area contributed by atoms with Crippen LogP contribution in [0, 0.1) is 13.8 Å². The lowest BCUT2D eigenvalue weighted by Gasteiger charge is -2.13. The minimum Gasteiger partial charge on any atom is -0.496 e. The van der Waals surface area contributed by atoms with Crippen LogP contribution in [0.4, 0.5) is 11.4 Å². The van der Waals surface area contributed by atoms with E-state index >= 15 is 0 Å². The summed E-state index contributed by atoms with van der Waals surface area (Å²) in [5.74, 6) is 0.285. The highest BCUT2D eigenvalue weighted by Crippen LogP contribution is 2.25. The van der Waals surface area contributed by atoms with Crippen LogP contribution in [-0.4, -0.2) is 18.9 Å². The Bertz CT molecular complexity index is 754. The van der Waals surface area contributed by atoms with Gasteiger partial charge in [0.1, 0.15) is 5.75 Å². The molecule has 2 aromatic carbocycles. The number of aryl methyl sites for hydroxylation is 1. The van der Waals surface area contributed by atoms with Gasteiger partial charge in [0.25, 0.3) is 5.91 Å². The van der Waals surface area contributed by atoms with Crippen LogP contribution in [0.2, 0.25) is 0 Å². The van der Waals surface area contributed by atoms with Crippen molar-refractivity contribution in [1.29, 1.82) is 0 Å². The number of ether oxygens (including phenoxy) is 1. The highest BCUT2D eigenvalue weighted by molar-refractivity contribution is 6.05. The predicted octanol–water partition coefficient (Wildman–Crippen LogP) is 3.52. The minimum absolute atomic E-state index is 0.153. The third kappa shape index (κ3) is 3.88. The lowest BCUT2D eigenvalue weighted by atomic mass is 10.1. The maximum atomic E-state index is 12.4. The number of amides is 2. The molecule has 0 aromatic heterocycles. The molecule has 0 fully saturated rings. The largest absolute Gasteiger partial charge is 0.496 e. The second kappa shape index (κ2) is 6.96. The summed E-state index contributed by atoms with van der Waals surface area (Å²) in [5, 5.41) is 5.61. The van der Waals surface area contributed by atoms with E-state index in [9.17, 15) is 9.59 Å². The summed E-state index contributed by atoms with van der Waals surface area (Å²) in [4.78, 5) is 23.6. The van der Waals surface area contributed by atoms with Crippen molar-refractivity contribution in [2.45, 2.75) is 20.8 Å². The van der Waals surface area contributed by atoms with Crippen LogP contribution < -0.4 is 15.4 Å². The monoisotopic (exact) mass is 312 g/mol. The summed E-state index contributed by atoms with van der Waals surface area (Å²) in [6, 6.07) is 10.7. The molecule has 120 valence electrons. The Morgan fingerprint density at radius 3 is 2.26 bits per heavy atom. The standard InChI is InChI=1S/C18H20N2O3/c1-11-8-9-14(10-17(11)23-4)18(22)20-16-7-5-6-15(12(16)2)19-13(3)21/h5-10H,1-4H3,(H,19,21)(H,20,22). The SMILES string of the molecule is COc1cc(C(=O)Nc2cccc(NC(C)=O)c2C)ccc1C. The molecule has 2 aromatic rings. The molecule has 0 aliphatic carbocycles. The molecule has 0 bridgehead atoms. The molecule has 0 aliphatic rings. The quantitative estimate of drug-likeness (QED) is 0.907. The minimum atomic E-state index is -0.230. The normalized spacial score (nSPS) is 10.1. The fourth-order valence-corrected chi connectivity index (χ4v) is 2.25. The van der Waals surface area contributed by atoms with E-state index in [4.69, 9.17) is 4.74 Å². The van der Waals surface area contributed by atoms with Crippen LogP contribution in [0.1, 0.15) is 28.4 Å². The summed E-state index contributed by atoms with van der Waals surface area (Å²) < 4.78 is 5.25. The topological polar surface area (TPSA) is 67.4 Å². The molecule has 0 unspecified atom stereocenters. The van der Waals surface area contributed by atoms with E-state index in [2.05, 4.69) is 10.6 Å². The molecule has 2 amide bonds. The first-order valence-electron chi connectivity index (χ1n) is 7.25. The molecule has 0 heterocycles. The molecule has 0 aliphatic heterocycles. The van der Waals surface area contributed by atoms with Gasteiger partial charge in [0.15, 0.2) is 0 Å². The van der Waals surface area contributed by atoms with Crippen LogP contribution in [-0.2, 0) is 4.79 Å². The Morgan fingerprint density at radius 2 is 1.65 bits per heavy atom. The van der Waals surface area contributed by atoms with E-state index in [1.807, 2.05) is 19.9 Å². The summed E-state index contributed by atoms with van der Waals surface area (Å²) in [5.41, 5.74) is 3.61. The molecule has 5 nitrogen and oxygen atoms in total. The number of rotatable bonds is 4. The van der Waals surface area contributed by atoms with E-state index in [1.54, 1.807) is 37.4 Å². The van der Waals surface area contributed by atoms with Gasteiger partial charge in [-0.1, -0.05) is 12.1 Å². The molecular formula is C18H20N2O3. The number of carbonyl (C=O) groups excluding carboxylic acids is 2. The van der Waals surface area contributed by atoms with Gasteiger partial charge in [-0.05, 0) is 49.2 Å². The van der Waals surface area contributed by atoms with E-state index in [-0.39, 0.29) is 11.8 Å². The Balaban J connectivity index is 2.25. The number of hydrogen-bond acceptors (Lipinski definition) is 3. The molecule has 2 rings (SSSR count). The van der Waals surface area contributed by atoms with Gasteiger partial charge in [-0.15, -0.1) is 0 Å². The Hall–Kier alpha value is -2.82. The van der Waals surface area contributed by atoms with Crippen molar-refractivity contribution >= 4 is 23.2 Å². The van der Waals surface area contributed by atoms with Gasteiger partial charge in [-0.2, -0.15) is 0 Å². The van der Waals surface area contributed by atoms with Gasteiger partial charge in [-0.3, -0.25) is 9.59 Å². The smallest absolute Gasteiger partial charge is 0.255 e. The van der Waals surface area contributed by atoms with Gasteiger partial charge in [0.2, 0.25) is 5.91 Å². The summed E-state index contributed by atoms with van der Waals surface area (Å²) in [6.45, 7) is 5.21. The molecule has 0 radical (unpaired) electrons.